The highest BCUT2D eigenvalue weighted by atomic mass is 32.2. The average molecular weight is 459 g/mol. The van der Waals surface area contributed by atoms with Crippen molar-refractivity contribution in [1.29, 1.82) is 0 Å². The molecule has 3 heterocycles. The van der Waals surface area contributed by atoms with E-state index in [1.54, 1.807) is 18.1 Å². The van der Waals surface area contributed by atoms with Gasteiger partial charge in [-0.15, -0.1) is 0 Å². The Morgan fingerprint density at radius 2 is 1.91 bits per heavy atom. The normalized spacial score (nSPS) is 20.5. The van der Waals surface area contributed by atoms with Crippen molar-refractivity contribution in [2.75, 3.05) is 36.6 Å². The molecule has 0 bridgehead atoms. The van der Waals surface area contributed by atoms with Crippen LogP contribution in [0.4, 0.5) is 5.88 Å². The quantitative estimate of drug-likeness (QED) is 0.591. The van der Waals surface area contributed by atoms with Crippen molar-refractivity contribution in [2.45, 2.75) is 38.3 Å². The van der Waals surface area contributed by atoms with E-state index in [2.05, 4.69) is 4.90 Å². The zero-order valence-corrected chi connectivity index (χ0v) is 19.2. The number of methoxy groups -OCH3 is 1. The van der Waals surface area contributed by atoms with Gasteiger partial charge in [0.2, 0.25) is 5.91 Å². The summed E-state index contributed by atoms with van der Waals surface area (Å²) < 4.78 is 35.4. The summed E-state index contributed by atoms with van der Waals surface area (Å²) in [7, 11) is -1.52. The fraction of sp³-hybridized carbons (Fsp3) is 0.458. The summed E-state index contributed by atoms with van der Waals surface area (Å²) in [5.74, 6) is 2.11. The van der Waals surface area contributed by atoms with Crippen LogP contribution in [0.3, 0.4) is 0 Å². The minimum atomic E-state index is -3.12. The van der Waals surface area contributed by atoms with Crippen LogP contribution in [-0.2, 0) is 21.2 Å². The van der Waals surface area contributed by atoms with E-state index in [1.165, 1.54) is 12.5 Å². The van der Waals surface area contributed by atoms with Crippen molar-refractivity contribution in [3.8, 4) is 5.75 Å². The molecule has 7 nitrogen and oxygen atoms in total. The van der Waals surface area contributed by atoms with Gasteiger partial charge in [-0.05, 0) is 55.5 Å². The van der Waals surface area contributed by atoms with E-state index >= 15 is 0 Å². The standard InChI is InChI=1S/C24H30N2O5S/c1-30-21-8-5-19(6-9-21)7-11-23(27)26(20-13-16-32(28,29)18-20)17-22-10-12-24(31-22)25-14-3-2-4-15-25/h5-12,20H,2-4,13-18H2,1H3/b11-7+. The van der Waals surface area contributed by atoms with Crippen LogP contribution in [0, 0.1) is 0 Å². The molecule has 0 saturated carbocycles. The number of ether oxygens (including phenoxy) is 1. The molecule has 2 aliphatic rings. The van der Waals surface area contributed by atoms with Crippen molar-refractivity contribution < 1.29 is 22.4 Å². The monoisotopic (exact) mass is 458 g/mol. The average Bonchev–Trinajstić information content (AvgIpc) is 3.42. The molecule has 0 N–H and O–H groups in total. The first kappa shape index (κ1) is 22.5. The molecule has 1 aromatic carbocycles. The first-order chi connectivity index (χ1) is 15.4. The summed E-state index contributed by atoms with van der Waals surface area (Å²) in [6, 6.07) is 10.9. The number of piperidine rings is 1. The number of benzene rings is 1. The molecular weight excluding hydrogens is 428 g/mol. The van der Waals surface area contributed by atoms with Gasteiger partial charge < -0.3 is 19.0 Å². The molecule has 32 heavy (non-hydrogen) atoms. The van der Waals surface area contributed by atoms with E-state index in [0.29, 0.717) is 12.2 Å². The summed E-state index contributed by atoms with van der Waals surface area (Å²) in [6.45, 7) is 2.20. The van der Waals surface area contributed by atoms with Crippen molar-refractivity contribution >= 4 is 27.7 Å². The van der Waals surface area contributed by atoms with Gasteiger partial charge in [0.05, 0.1) is 25.2 Å². The molecule has 0 spiro atoms. The minimum Gasteiger partial charge on any atom is -0.497 e. The third-order valence-electron chi connectivity index (χ3n) is 6.11. The summed E-state index contributed by atoms with van der Waals surface area (Å²) in [6.07, 6.45) is 7.22. The van der Waals surface area contributed by atoms with Crippen LogP contribution >= 0.6 is 0 Å². The Labute approximate surface area is 189 Å². The van der Waals surface area contributed by atoms with E-state index in [1.807, 2.05) is 36.4 Å². The van der Waals surface area contributed by atoms with Gasteiger partial charge >= 0.3 is 0 Å². The molecule has 0 aliphatic carbocycles. The van der Waals surface area contributed by atoms with Crippen LogP contribution in [0.5, 0.6) is 5.75 Å². The first-order valence-corrected chi connectivity index (χ1v) is 12.9. The molecule has 2 aromatic rings. The van der Waals surface area contributed by atoms with E-state index in [-0.39, 0.29) is 30.0 Å². The number of carbonyl (C=O) groups excluding carboxylic acids is 1. The Kier molecular flexibility index (Phi) is 6.89. The number of amides is 1. The number of anilines is 1. The van der Waals surface area contributed by atoms with Crippen molar-refractivity contribution in [3.05, 3.63) is 53.8 Å². The van der Waals surface area contributed by atoms with Gasteiger partial charge in [-0.2, -0.15) is 0 Å². The van der Waals surface area contributed by atoms with Gasteiger partial charge in [-0.1, -0.05) is 12.1 Å². The minimum absolute atomic E-state index is 0.00515. The Morgan fingerprint density at radius 1 is 1.16 bits per heavy atom. The lowest BCUT2D eigenvalue weighted by atomic mass is 10.1. The van der Waals surface area contributed by atoms with E-state index in [9.17, 15) is 13.2 Å². The second-order valence-corrected chi connectivity index (χ2v) is 10.6. The molecule has 2 aliphatic heterocycles. The summed E-state index contributed by atoms with van der Waals surface area (Å²) >= 11 is 0. The molecule has 0 radical (unpaired) electrons. The zero-order valence-electron chi connectivity index (χ0n) is 18.4. The topological polar surface area (TPSA) is 80.1 Å². The van der Waals surface area contributed by atoms with Gasteiger partial charge in [0.15, 0.2) is 15.7 Å². The smallest absolute Gasteiger partial charge is 0.247 e. The molecule has 2 fully saturated rings. The maximum Gasteiger partial charge on any atom is 0.247 e. The predicted octanol–water partition coefficient (Wildman–Crippen LogP) is 3.51. The maximum absolute atomic E-state index is 13.1. The first-order valence-electron chi connectivity index (χ1n) is 11.1. The Balaban J connectivity index is 1.50. The molecular formula is C24H30N2O5S. The number of hydrogen-bond acceptors (Lipinski definition) is 6. The highest BCUT2D eigenvalue weighted by molar-refractivity contribution is 7.91. The number of nitrogens with zero attached hydrogens (tertiary/aromatic N) is 2. The lowest BCUT2D eigenvalue weighted by Crippen LogP contribution is -2.39. The van der Waals surface area contributed by atoms with Crippen molar-refractivity contribution in [3.63, 3.8) is 0 Å². The van der Waals surface area contributed by atoms with E-state index in [4.69, 9.17) is 9.15 Å². The van der Waals surface area contributed by atoms with Crippen LogP contribution in [0.2, 0.25) is 0 Å². The van der Waals surface area contributed by atoms with Crippen LogP contribution in [0.25, 0.3) is 6.08 Å². The molecule has 1 unspecified atom stereocenters. The number of hydrogen-bond donors (Lipinski definition) is 0. The fourth-order valence-corrected chi connectivity index (χ4v) is 6.02. The van der Waals surface area contributed by atoms with Crippen molar-refractivity contribution in [1.82, 2.24) is 4.90 Å². The predicted molar refractivity (Wildman–Crippen MR) is 124 cm³/mol. The summed E-state index contributed by atoms with van der Waals surface area (Å²) in [4.78, 5) is 17.0. The Bertz CT molecular complexity index is 1050. The SMILES string of the molecule is COc1ccc(/C=C/C(=O)N(Cc2ccc(N3CCCCC3)o2)C2CCS(=O)(=O)C2)cc1. The molecule has 2 saturated heterocycles. The highest BCUT2D eigenvalue weighted by Gasteiger charge is 2.34. The number of sulfone groups is 1. The maximum atomic E-state index is 13.1. The van der Waals surface area contributed by atoms with Gasteiger partial charge in [-0.3, -0.25) is 4.79 Å². The number of rotatable bonds is 7. The third-order valence-corrected chi connectivity index (χ3v) is 7.86. The highest BCUT2D eigenvalue weighted by Crippen LogP contribution is 2.26. The summed E-state index contributed by atoms with van der Waals surface area (Å²) in [5, 5.41) is 0. The van der Waals surface area contributed by atoms with Gasteiger partial charge in [0.1, 0.15) is 11.5 Å². The number of furan rings is 1. The van der Waals surface area contributed by atoms with Crippen LogP contribution in [-0.4, -0.2) is 57.0 Å². The third kappa shape index (κ3) is 5.54. The Morgan fingerprint density at radius 3 is 2.56 bits per heavy atom. The van der Waals surface area contributed by atoms with Gasteiger partial charge in [0.25, 0.3) is 0 Å². The molecule has 8 heteroatoms. The molecule has 1 amide bonds. The second kappa shape index (κ2) is 9.81. The zero-order chi connectivity index (χ0) is 22.6. The lowest BCUT2D eigenvalue weighted by Gasteiger charge is -2.27. The second-order valence-electron chi connectivity index (χ2n) is 8.42. The molecule has 172 valence electrons. The van der Waals surface area contributed by atoms with Crippen molar-refractivity contribution in [2.24, 2.45) is 0 Å². The number of carbonyl (C=O) groups is 1. The van der Waals surface area contributed by atoms with Gasteiger partial charge in [-0.25, -0.2) is 8.42 Å². The lowest BCUT2D eigenvalue weighted by molar-refractivity contribution is -0.128. The molecule has 1 aromatic heterocycles. The van der Waals surface area contributed by atoms with Crippen LogP contribution in [0.1, 0.15) is 37.0 Å². The largest absolute Gasteiger partial charge is 0.497 e. The fourth-order valence-electron chi connectivity index (χ4n) is 4.29. The van der Waals surface area contributed by atoms with E-state index < -0.39 is 9.84 Å². The van der Waals surface area contributed by atoms with Gasteiger partial charge in [0, 0.05) is 31.3 Å². The summed E-state index contributed by atoms with van der Waals surface area (Å²) in [5.41, 5.74) is 0.864. The van der Waals surface area contributed by atoms with Crippen LogP contribution < -0.4 is 9.64 Å². The van der Waals surface area contributed by atoms with Crippen LogP contribution in [0.15, 0.2) is 46.9 Å². The van der Waals surface area contributed by atoms with E-state index in [0.717, 1.165) is 43.1 Å². The molecule has 4 rings (SSSR count). The Hall–Kier alpha value is -2.74. The molecule has 1 atom stereocenters.